The lowest BCUT2D eigenvalue weighted by molar-refractivity contribution is -0.149. The van der Waals surface area contributed by atoms with E-state index in [1.807, 2.05) is 0 Å². The molecule has 1 aromatic heterocycles. The zero-order chi connectivity index (χ0) is 18.0. The Hall–Kier alpha value is -2.19. The van der Waals surface area contributed by atoms with Crippen molar-refractivity contribution in [3.63, 3.8) is 0 Å². The second kappa shape index (κ2) is 6.97. The molecule has 1 aliphatic heterocycles. The van der Waals surface area contributed by atoms with Crippen LogP contribution >= 0.6 is 0 Å². The molecule has 7 nitrogen and oxygen atoms in total. The van der Waals surface area contributed by atoms with E-state index in [0.29, 0.717) is 30.4 Å². The molecule has 1 aromatic carbocycles. The Kier molecular flexibility index (Phi) is 4.91. The molecule has 134 valence electrons. The predicted molar refractivity (Wildman–Crippen MR) is 90.6 cm³/mol. The van der Waals surface area contributed by atoms with Crippen LogP contribution in [0.3, 0.4) is 0 Å². The van der Waals surface area contributed by atoms with Crippen LogP contribution in [-0.4, -0.2) is 38.4 Å². The standard InChI is InChI=1S/C17H19NO6S/c1-2-23-17(20)13-4-3-9-18(11-13)25(21,22)14-6-7-15-12(10-14)5-8-16(19)24-15/h5-8,10,13H,2-4,9,11H2,1H3/t13-/m1/s1. The number of nitrogens with zero attached hydrogens (tertiary/aromatic N) is 1. The van der Waals surface area contributed by atoms with E-state index in [4.69, 9.17) is 9.15 Å². The Morgan fingerprint density at radius 1 is 1.32 bits per heavy atom. The van der Waals surface area contributed by atoms with Gasteiger partial charge in [-0.15, -0.1) is 0 Å². The van der Waals surface area contributed by atoms with E-state index >= 15 is 0 Å². The first kappa shape index (κ1) is 17.6. The van der Waals surface area contributed by atoms with Gasteiger partial charge in [0.15, 0.2) is 0 Å². The summed E-state index contributed by atoms with van der Waals surface area (Å²) in [6.45, 7) is 2.48. The Balaban J connectivity index is 1.89. The summed E-state index contributed by atoms with van der Waals surface area (Å²) < 4.78 is 37.2. The number of carbonyl (C=O) groups excluding carboxylic acids is 1. The van der Waals surface area contributed by atoms with Crippen LogP contribution in [0.2, 0.25) is 0 Å². The summed E-state index contributed by atoms with van der Waals surface area (Å²) in [5.41, 5.74) is -0.161. The maximum absolute atomic E-state index is 12.9. The van der Waals surface area contributed by atoms with Crippen LogP contribution in [0.5, 0.6) is 0 Å². The van der Waals surface area contributed by atoms with Gasteiger partial charge in [0.2, 0.25) is 10.0 Å². The van der Waals surface area contributed by atoms with E-state index in [1.165, 1.54) is 34.6 Å². The van der Waals surface area contributed by atoms with Gasteiger partial charge in [-0.3, -0.25) is 4.79 Å². The van der Waals surface area contributed by atoms with E-state index in [9.17, 15) is 18.0 Å². The van der Waals surface area contributed by atoms with Gasteiger partial charge in [-0.05, 0) is 44.0 Å². The first-order chi connectivity index (χ1) is 11.9. The number of hydrogen-bond donors (Lipinski definition) is 0. The number of ether oxygens (including phenoxy) is 1. The highest BCUT2D eigenvalue weighted by Crippen LogP contribution is 2.26. The van der Waals surface area contributed by atoms with Crippen molar-refractivity contribution in [2.24, 2.45) is 5.92 Å². The number of hydrogen-bond acceptors (Lipinski definition) is 6. The molecule has 0 bridgehead atoms. The van der Waals surface area contributed by atoms with Crippen LogP contribution in [-0.2, 0) is 19.6 Å². The normalized spacial score (nSPS) is 19.0. The third-order valence-corrected chi connectivity index (χ3v) is 6.09. The summed E-state index contributed by atoms with van der Waals surface area (Å²) in [7, 11) is -3.74. The van der Waals surface area contributed by atoms with Gasteiger partial charge in [0.1, 0.15) is 5.58 Å². The third kappa shape index (κ3) is 3.59. The van der Waals surface area contributed by atoms with Crippen molar-refractivity contribution in [1.29, 1.82) is 0 Å². The van der Waals surface area contributed by atoms with Crippen molar-refractivity contribution < 1.29 is 22.4 Å². The summed E-state index contributed by atoms with van der Waals surface area (Å²) >= 11 is 0. The van der Waals surface area contributed by atoms with Crippen molar-refractivity contribution in [2.75, 3.05) is 19.7 Å². The van der Waals surface area contributed by atoms with Crippen molar-refractivity contribution in [3.05, 3.63) is 40.8 Å². The molecule has 0 spiro atoms. The van der Waals surface area contributed by atoms with Gasteiger partial charge in [-0.2, -0.15) is 4.31 Å². The highest BCUT2D eigenvalue weighted by molar-refractivity contribution is 7.89. The Morgan fingerprint density at radius 2 is 2.12 bits per heavy atom. The number of carbonyl (C=O) groups is 1. The minimum Gasteiger partial charge on any atom is -0.466 e. The molecule has 0 amide bonds. The molecule has 1 saturated heterocycles. The van der Waals surface area contributed by atoms with Gasteiger partial charge < -0.3 is 9.15 Å². The molecule has 2 heterocycles. The van der Waals surface area contributed by atoms with Crippen LogP contribution in [0.15, 0.2) is 44.4 Å². The minimum absolute atomic E-state index is 0.110. The zero-order valence-electron chi connectivity index (χ0n) is 13.8. The molecular formula is C17H19NO6S. The van der Waals surface area contributed by atoms with E-state index in [0.717, 1.165) is 0 Å². The van der Waals surface area contributed by atoms with Crippen LogP contribution in [0.4, 0.5) is 0 Å². The summed E-state index contributed by atoms with van der Waals surface area (Å²) in [6.07, 6.45) is 1.22. The van der Waals surface area contributed by atoms with Gasteiger partial charge in [0.25, 0.3) is 0 Å². The smallest absolute Gasteiger partial charge is 0.336 e. The second-order valence-corrected chi connectivity index (χ2v) is 7.85. The van der Waals surface area contributed by atoms with Crippen molar-refractivity contribution in [3.8, 4) is 0 Å². The number of fused-ring (bicyclic) bond motifs is 1. The lowest BCUT2D eigenvalue weighted by atomic mass is 10.0. The molecule has 0 radical (unpaired) electrons. The molecule has 0 aliphatic carbocycles. The highest BCUT2D eigenvalue weighted by Gasteiger charge is 2.34. The fraction of sp³-hybridized carbons (Fsp3) is 0.412. The number of rotatable bonds is 4. The fourth-order valence-corrected chi connectivity index (χ4v) is 4.53. The number of piperidine rings is 1. The van der Waals surface area contributed by atoms with Crippen LogP contribution in [0.1, 0.15) is 19.8 Å². The van der Waals surface area contributed by atoms with Crippen molar-refractivity contribution >= 4 is 27.0 Å². The predicted octanol–water partition coefficient (Wildman–Crippen LogP) is 1.76. The monoisotopic (exact) mass is 365 g/mol. The van der Waals surface area contributed by atoms with Gasteiger partial charge >= 0.3 is 11.6 Å². The van der Waals surface area contributed by atoms with Crippen molar-refractivity contribution in [1.82, 2.24) is 4.31 Å². The number of esters is 1. The quantitative estimate of drug-likeness (QED) is 0.605. The molecule has 1 atom stereocenters. The Labute approximate surface area is 145 Å². The molecule has 0 unspecified atom stereocenters. The number of sulfonamides is 1. The molecule has 1 fully saturated rings. The first-order valence-corrected chi connectivity index (χ1v) is 9.56. The SMILES string of the molecule is CCOC(=O)[C@@H]1CCCN(S(=O)(=O)c2ccc3oc(=O)ccc3c2)C1. The lowest BCUT2D eigenvalue weighted by Crippen LogP contribution is -2.42. The van der Waals surface area contributed by atoms with E-state index in [-0.39, 0.29) is 24.0 Å². The van der Waals surface area contributed by atoms with E-state index in [2.05, 4.69) is 0 Å². The summed E-state index contributed by atoms with van der Waals surface area (Å²) in [6, 6.07) is 7.13. The fourth-order valence-electron chi connectivity index (χ4n) is 2.97. The first-order valence-electron chi connectivity index (χ1n) is 8.12. The largest absolute Gasteiger partial charge is 0.466 e. The second-order valence-electron chi connectivity index (χ2n) is 5.91. The van der Waals surface area contributed by atoms with Gasteiger partial charge in [0, 0.05) is 24.5 Å². The van der Waals surface area contributed by atoms with Gasteiger partial charge in [-0.25, -0.2) is 13.2 Å². The molecular weight excluding hydrogens is 346 g/mol. The molecule has 0 N–H and O–H groups in total. The summed E-state index contributed by atoms with van der Waals surface area (Å²) in [4.78, 5) is 23.3. The van der Waals surface area contributed by atoms with Gasteiger partial charge in [0.05, 0.1) is 17.4 Å². The molecule has 8 heteroatoms. The average Bonchev–Trinajstić information content (AvgIpc) is 2.61. The topological polar surface area (TPSA) is 93.9 Å². The average molecular weight is 365 g/mol. The number of benzene rings is 1. The molecule has 1 aliphatic rings. The van der Waals surface area contributed by atoms with E-state index in [1.54, 1.807) is 6.92 Å². The highest BCUT2D eigenvalue weighted by atomic mass is 32.2. The Morgan fingerprint density at radius 3 is 2.88 bits per heavy atom. The Bertz CT molecular complexity index is 949. The zero-order valence-corrected chi connectivity index (χ0v) is 14.6. The molecule has 2 aromatic rings. The van der Waals surface area contributed by atoms with Crippen LogP contribution in [0, 0.1) is 5.92 Å². The summed E-state index contributed by atoms with van der Waals surface area (Å²) in [5, 5.41) is 0.527. The minimum atomic E-state index is -3.74. The van der Waals surface area contributed by atoms with Crippen LogP contribution in [0.25, 0.3) is 11.0 Å². The lowest BCUT2D eigenvalue weighted by Gasteiger charge is -2.30. The van der Waals surface area contributed by atoms with Crippen LogP contribution < -0.4 is 5.63 Å². The molecule has 0 saturated carbocycles. The van der Waals surface area contributed by atoms with Crippen molar-refractivity contribution in [2.45, 2.75) is 24.7 Å². The van der Waals surface area contributed by atoms with E-state index < -0.39 is 21.6 Å². The third-order valence-electron chi connectivity index (χ3n) is 4.23. The summed E-state index contributed by atoms with van der Waals surface area (Å²) in [5.74, 6) is -0.801. The maximum atomic E-state index is 12.9. The molecule has 3 rings (SSSR count). The molecule has 25 heavy (non-hydrogen) atoms. The maximum Gasteiger partial charge on any atom is 0.336 e. The van der Waals surface area contributed by atoms with Gasteiger partial charge in [-0.1, -0.05) is 0 Å².